The van der Waals surface area contributed by atoms with Crippen molar-refractivity contribution in [3.63, 3.8) is 0 Å². The summed E-state index contributed by atoms with van der Waals surface area (Å²) in [5.74, 6) is -10.9. The summed E-state index contributed by atoms with van der Waals surface area (Å²) in [6.45, 7) is 5.39. The number of likely N-dealkylation sites (tertiary alicyclic amines) is 2. The summed E-state index contributed by atoms with van der Waals surface area (Å²) in [5, 5.41) is 24.4. The van der Waals surface area contributed by atoms with Gasteiger partial charge in [-0.2, -0.15) is 39.5 Å². The average Bonchev–Trinajstić information content (AvgIpc) is 3.53. The summed E-state index contributed by atoms with van der Waals surface area (Å²) < 4.78 is 125. The molecule has 0 bridgehead atoms. The highest BCUT2D eigenvalue weighted by Gasteiger charge is 2.59. The van der Waals surface area contributed by atoms with Gasteiger partial charge in [-0.05, 0) is 31.5 Å². The van der Waals surface area contributed by atoms with Crippen LogP contribution in [0.15, 0.2) is 29.9 Å². The van der Waals surface area contributed by atoms with Gasteiger partial charge in [-0.15, -0.1) is 11.3 Å². The van der Waals surface area contributed by atoms with E-state index < -0.39 is 47.8 Å². The van der Waals surface area contributed by atoms with E-state index in [0.717, 1.165) is 16.3 Å². The molecule has 2 fully saturated rings. The first kappa shape index (κ1) is 41.4. The molecule has 4 rings (SSSR count). The van der Waals surface area contributed by atoms with Crippen molar-refractivity contribution < 1.29 is 78.0 Å². The molecule has 10 nitrogen and oxygen atoms in total. The molecule has 4 heterocycles. The van der Waals surface area contributed by atoms with Crippen molar-refractivity contribution >= 4 is 29.2 Å². The molecule has 2 saturated heterocycles. The Bertz CT molecular complexity index is 1270. The maximum absolute atomic E-state index is 14.9. The Hall–Kier alpha value is -3.66. The zero-order valence-electron chi connectivity index (χ0n) is 24.0. The minimum absolute atomic E-state index is 0.0586. The van der Waals surface area contributed by atoms with E-state index in [-0.39, 0.29) is 6.42 Å². The second-order valence-electron chi connectivity index (χ2n) is 10.0. The van der Waals surface area contributed by atoms with Crippen molar-refractivity contribution in [3.05, 3.63) is 46.2 Å². The lowest BCUT2D eigenvalue weighted by atomic mass is 9.75. The van der Waals surface area contributed by atoms with Crippen LogP contribution in [0.3, 0.4) is 0 Å². The van der Waals surface area contributed by atoms with Crippen LogP contribution in [0.25, 0.3) is 0 Å². The van der Waals surface area contributed by atoms with Crippen molar-refractivity contribution in [2.75, 3.05) is 26.2 Å². The van der Waals surface area contributed by atoms with Crippen LogP contribution in [0.2, 0.25) is 0 Å². The van der Waals surface area contributed by atoms with E-state index in [0.29, 0.717) is 45.7 Å². The zero-order chi connectivity index (χ0) is 36.4. The third-order valence-corrected chi connectivity index (χ3v) is 7.21. The van der Waals surface area contributed by atoms with Crippen LogP contribution in [0, 0.1) is 12.3 Å². The van der Waals surface area contributed by atoms with Crippen LogP contribution in [0.5, 0.6) is 0 Å². The Balaban J connectivity index is 0.000000430. The molecule has 1 atom stereocenters. The third kappa shape index (κ3) is 13.9. The Morgan fingerprint density at radius 2 is 1.28 bits per heavy atom. The van der Waals surface area contributed by atoms with Gasteiger partial charge < -0.3 is 15.3 Å². The molecule has 2 aromatic rings. The monoisotopic (exact) mass is 720 g/mol. The van der Waals surface area contributed by atoms with Crippen molar-refractivity contribution in [1.29, 1.82) is 0 Å². The van der Waals surface area contributed by atoms with Crippen molar-refractivity contribution in [3.8, 4) is 0 Å². The SMILES string of the molecule is Cc1nc(CN2CCC3(CN(Cc4cccnc4)CCC3(F)F)C2)cs1.O=C(O)C(F)(F)F.O=C(O)C(F)(F)F.O=C(O)C(F)(F)F. The number of nitrogens with zero attached hydrogens (tertiary/aromatic N) is 4. The number of carboxylic acids is 3. The number of carbonyl (C=O) groups is 3. The van der Waals surface area contributed by atoms with Gasteiger partial charge in [0.2, 0.25) is 0 Å². The number of piperidine rings is 1. The molecular formula is C25H27F11N4O6S. The number of pyridine rings is 1. The lowest BCUT2D eigenvalue weighted by Gasteiger charge is -2.46. The fourth-order valence-electron chi connectivity index (χ4n) is 4.30. The predicted octanol–water partition coefficient (Wildman–Crippen LogP) is 5.48. The fourth-order valence-corrected chi connectivity index (χ4v) is 4.91. The standard InChI is InChI=1S/C19H24F2N4S.3C2HF3O2/c1-15-23-17(12-26-15)11-25-7-4-18(14-25)13-24(8-5-19(18,20)21)10-16-3-2-6-22-9-16;3*3-2(4,5)1(6)7/h2-3,6,9,12H,4-5,7-8,10-11,13-14H2,1H3;3*(H,6,7). The number of hydrogen-bond acceptors (Lipinski definition) is 8. The van der Waals surface area contributed by atoms with E-state index in [1.54, 1.807) is 17.5 Å². The summed E-state index contributed by atoms with van der Waals surface area (Å²) in [4.78, 5) is 39.6. The number of hydrogen-bond donors (Lipinski definition) is 3. The summed E-state index contributed by atoms with van der Waals surface area (Å²) in [5.41, 5.74) is 1.13. The summed E-state index contributed by atoms with van der Waals surface area (Å²) >= 11 is 1.62. The van der Waals surface area contributed by atoms with Gasteiger partial charge in [0, 0.05) is 56.9 Å². The normalized spacial score (nSPS) is 19.7. The summed E-state index contributed by atoms with van der Waals surface area (Å²) in [6.07, 6.45) is -11.2. The lowest BCUT2D eigenvalue weighted by molar-refractivity contribution is -0.193. The van der Waals surface area contributed by atoms with Crippen molar-refractivity contribution in [2.45, 2.75) is 57.3 Å². The van der Waals surface area contributed by atoms with Gasteiger partial charge in [0.15, 0.2) is 0 Å². The maximum atomic E-state index is 14.9. The summed E-state index contributed by atoms with van der Waals surface area (Å²) in [7, 11) is 0. The van der Waals surface area contributed by atoms with Crippen LogP contribution in [-0.2, 0) is 27.5 Å². The number of carboxylic acid groups (broad SMARTS) is 3. The first-order valence-corrected chi connectivity index (χ1v) is 13.7. The van der Waals surface area contributed by atoms with E-state index in [1.807, 2.05) is 30.6 Å². The number of alkyl halides is 11. The first-order chi connectivity index (χ1) is 21.3. The van der Waals surface area contributed by atoms with E-state index in [2.05, 4.69) is 19.8 Å². The Labute approximate surface area is 262 Å². The lowest BCUT2D eigenvalue weighted by Crippen LogP contribution is -2.56. The highest BCUT2D eigenvalue weighted by atomic mass is 32.1. The predicted molar refractivity (Wildman–Crippen MR) is 139 cm³/mol. The maximum Gasteiger partial charge on any atom is 0.490 e. The summed E-state index contributed by atoms with van der Waals surface area (Å²) in [6, 6.07) is 3.91. The van der Waals surface area contributed by atoms with E-state index in [9.17, 15) is 48.3 Å². The Morgan fingerprint density at radius 1 is 0.830 bits per heavy atom. The van der Waals surface area contributed by atoms with Gasteiger partial charge in [0.05, 0.1) is 16.1 Å². The van der Waals surface area contributed by atoms with Crippen LogP contribution < -0.4 is 0 Å². The topological polar surface area (TPSA) is 144 Å². The molecule has 0 saturated carbocycles. The third-order valence-electron chi connectivity index (χ3n) is 6.39. The van der Waals surface area contributed by atoms with E-state index >= 15 is 0 Å². The molecule has 22 heteroatoms. The molecule has 47 heavy (non-hydrogen) atoms. The number of rotatable bonds is 4. The molecule has 0 aliphatic carbocycles. The van der Waals surface area contributed by atoms with Crippen LogP contribution in [-0.4, -0.2) is 104 Å². The van der Waals surface area contributed by atoms with Crippen LogP contribution in [0.4, 0.5) is 48.3 Å². The molecule has 2 aliphatic heterocycles. The Kier molecular flexibility index (Phi) is 14.5. The van der Waals surface area contributed by atoms with Gasteiger partial charge in [-0.25, -0.2) is 28.1 Å². The quantitative estimate of drug-likeness (QED) is 0.348. The minimum Gasteiger partial charge on any atom is -0.475 e. The molecule has 3 N–H and O–H groups in total. The average molecular weight is 721 g/mol. The molecule has 1 spiro atoms. The molecule has 1 unspecified atom stereocenters. The number of aryl methyl sites for hydroxylation is 1. The van der Waals surface area contributed by atoms with Gasteiger partial charge in [0.1, 0.15) is 0 Å². The molecule has 0 aromatic carbocycles. The van der Waals surface area contributed by atoms with Gasteiger partial charge in [-0.1, -0.05) is 6.07 Å². The minimum atomic E-state index is -5.08. The number of aliphatic carboxylic acids is 3. The number of aromatic nitrogens is 2. The second-order valence-corrected chi connectivity index (χ2v) is 11.1. The largest absolute Gasteiger partial charge is 0.490 e. The van der Waals surface area contributed by atoms with E-state index in [4.69, 9.17) is 29.7 Å². The van der Waals surface area contributed by atoms with Crippen molar-refractivity contribution in [1.82, 2.24) is 19.8 Å². The van der Waals surface area contributed by atoms with Gasteiger partial charge in [-0.3, -0.25) is 14.8 Å². The van der Waals surface area contributed by atoms with Crippen molar-refractivity contribution in [2.24, 2.45) is 5.41 Å². The smallest absolute Gasteiger partial charge is 0.475 e. The molecule has 0 amide bonds. The molecule has 266 valence electrons. The van der Waals surface area contributed by atoms with Gasteiger partial charge >= 0.3 is 36.4 Å². The second kappa shape index (κ2) is 16.4. The highest BCUT2D eigenvalue weighted by Crippen LogP contribution is 2.50. The van der Waals surface area contributed by atoms with Crippen LogP contribution in [0.1, 0.15) is 29.1 Å². The van der Waals surface area contributed by atoms with Gasteiger partial charge in [0.25, 0.3) is 5.92 Å². The Morgan fingerprint density at radius 3 is 1.66 bits per heavy atom. The number of halogens is 11. The molecular weight excluding hydrogens is 693 g/mol. The molecule has 2 aromatic heterocycles. The van der Waals surface area contributed by atoms with E-state index in [1.165, 1.54) is 0 Å². The zero-order valence-corrected chi connectivity index (χ0v) is 24.8. The fraction of sp³-hybridized carbons (Fsp3) is 0.560. The van der Waals surface area contributed by atoms with Crippen LogP contribution >= 0.6 is 11.3 Å². The molecule has 2 aliphatic rings. The first-order valence-electron chi connectivity index (χ1n) is 12.8. The highest BCUT2D eigenvalue weighted by molar-refractivity contribution is 7.09. The molecule has 0 radical (unpaired) electrons. The number of thiazole rings is 1.